The molecule has 0 spiro atoms. The van der Waals surface area contributed by atoms with Gasteiger partial charge in [-0.2, -0.15) is 0 Å². The van der Waals surface area contributed by atoms with Gasteiger partial charge < -0.3 is 5.11 Å². The smallest absolute Gasteiger partial charge is 0.331 e. The molecule has 0 atom stereocenters. The van der Waals surface area contributed by atoms with E-state index in [0.717, 1.165) is 17.6 Å². The van der Waals surface area contributed by atoms with Crippen molar-refractivity contribution >= 4 is 5.97 Å². The molecule has 88 valence electrons. The molecule has 1 N–H and O–H groups in total. The Balaban J connectivity index is 4.36. The third kappa shape index (κ3) is 6.02. The molecular formula is C14H20O2. The minimum atomic E-state index is -0.840. The van der Waals surface area contributed by atoms with Crippen LogP contribution >= 0.6 is 0 Å². The zero-order valence-electron chi connectivity index (χ0n) is 10.3. The number of carbonyl (C=O) groups is 1. The highest BCUT2D eigenvalue weighted by atomic mass is 16.4. The number of aliphatic carboxylic acids is 1. The summed E-state index contributed by atoms with van der Waals surface area (Å²) in [6.45, 7) is 9.35. The molecule has 2 heteroatoms. The second kappa shape index (κ2) is 7.69. The quantitative estimate of drug-likeness (QED) is 0.419. The first-order chi connectivity index (χ1) is 7.51. The lowest BCUT2D eigenvalue weighted by Crippen LogP contribution is -2.00. The second-order valence-electron chi connectivity index (χ2n) is 3.73. The van der Waals surface area contributed by atoms with Crippen LogP contribution < -0.4 is 0 Å². The third-order valence-corrected chi connectivity index (χ3v) is 2.32. The molecule has 0 saturated heterocycles. The van der Waals surface area contributed by atoms with Crippen LogP contribution in [0.3, 0.4) is 0 Å². The fourth-order valence-corrected chi connectivity index (χ4v) is 1.20. The topological polar surface area (TPSA) is 37.3 Å². The first kappa shape index (κ1) is 14.4. The summed E-state index contributed by atoms with van der Waals surface area (Å²) >= 11 is 0. The van der Waals surface area contributed by atoms with Crippen LogP contribution in [0.5, 0.6) is 0 Å². The van der Waals surface area contributed by atoms with Crippen LogP contribution in [0.2, 0.25) is 0 Å². The van der Waals surface area contributed by atoms with Crippen molar-refractivity contribution in [1.82, 2.24) is 0 Å². The summed E-state index contributed by atoms with van der Waals surface area (Å²) in [6.07, 6.45) is 8.88. The van der Waals surface area contributed by atoms with Gasteiger partial charge in [0.1, 0.15) is 0 Å². The first-order valence-electron chi connectivity index (χ1n) is 5.34. The molecular weight excluding hydrogens is 200 g/mol. The molecule has 0 aliphatic rings. The molecule has 0 saturated carbocycles. The van der Waals surface area contributed by atoms with Crippen molar-refractivity contribution in [3.63, 3.8) is 0 Å². The van der Waals surface area contributed by atoms with Gasteiger partial charge in [-0.25, -0.2) is 4.79 Å². The Labute approximate surface area is 97.7 Å². The molecule has 0 amide bonds. The Kier molecular flexibility index (Phi) is 6.93. The van der Waals surface area contributed by atoms with Crippen molar-refractivity contribution in [3.05, 3.63) is 47.6 Å². The number of carboxylic acids is 1. The molecule has 0 heterocycles. The molecule has 2 nitrogen and oxygen atoms in total. The molecule has 16 heavy (non-hydrogen) atoms. The monoisotopic (exact) mass is 220 g/mol. The molecule has 0 fully saturated rings. The Morgan fingerprint density at radius 2 is 1.94 bits per heavy atom. The molecule has 0 radical (unpaired) electrons. The fourth-order valence-electron chi connectivity index (χ4n) is 1.20. The highest BCUT2D eigenvalue weighted by Crippen LogP contribution is 2.12. The maximum atomic E-state index is 10.8. The van der Waals surface area contributed by atoms with Gasteiger partial charge in [0.05, 0.1) is 0 Å². The van der Waals surface area contributed by atoms with E-state index in [1.807, 2.05) is 19.9 Å². The van der Waals surface area contributed by atoms with Crippen LogP contribution in [0, 0.1) is 0 Å². The van der Waals surface area contributed by atoms with Crippen LogP contribution in [0.25, 0.3) is 0 Å². The Hall–Kier alpha value is -1.57. The lowest BCUT2D eigenvalue weighted by Gasteiger charge is -2.01. The maximum Gasteiger partial charge on any atom is 0.331 e. The third-order valence-electron chi connectivity index (χ3n) is 2.32. The lowest BCUT2D eigenvalue weighted by atomic mass is 10.1. The Morgan fingerprint density at radius 3 is 2.38 bits per heavy atom. The zero-order valence-corrected chi connectivity index (χ0v) is 10.3. The maximum absolute atomic E-state index is 10.8. The van der Waals surface area contributed by atoms with Gasteiger partial charge in [-0.15, -0.1) is 0 Å². The van der Waals surface area contributed by atoms with E-state index in [1.54, 1.807) is 19.1 Å². The van der Waals surface area contributed by atoms with Gasteiger partial charge in [-0.05, 0) is 33.6 Å². The van der Waals surface area contributed by atoms with Crippen molar-refractivity contribution in [2.45, 2.75) is 33.6 Å². The van der Waals surface area contributed by atoms with E-state index >= 15 is 0 Å². The lowest BCUT2D eigenvalue weighted by molar-refractivity contribution is -0.132. The highest BCUT2D eigenvalue weighted by molar-refractivity contribution is 5.86. The van der Waals surface area contributed by atoms with Gasteiger partial charge in [0.2, 0.25) is 0 Å². The number of allylic oxidation sites excluding steroid dienone is 6. The van der Waals surface area contributed by atoms with Gasteiger partial charge >= 0.3 is 5.97 Å². The van der Waals surface area contributed by atoms with Gasteiger partial charge in [0, 0.05) is 5.57 Å². The van der Waals surface area contributed by atoms with E-state index in [9.17, 15) is 4.79 Å². The fraction of sp³-hybridized carbons (Fsp3) is 0.357. The zero-order chi connectivity index (χ0) is 12.6. The van der Waals surface area contributed by atoms with Crippen molar-refractivity contribution in [2.75, 3.05) is 0 Å². The van der Waals surface area contributed by atoms with Gasteiger partial charge in [0.25, 0.3) is 0 Å². The van der Waals surface area contributed by atoms with E-state index in [0.29, 0.717) is 12.0 Å². The van der Waals surface area contributed by atoms with Crippen LogP contribution in [0.1, 0.15) is 33.6 Å². The van der Waals surface area contributed by atoms with Crippen LogP contribution in [0.15, 0.2) is 47.6 Å². The number of rotatable bonds is 6. The van der Waals surface area contributed by atoms with Crippen LogP contribution in [-0.2, 0) is 4.79 Å². The summed E-state index contributed by atoms with van der Waals surface area (Å²) in [5, 5.41) is 8.85. The summed E-state index contributed by atoms with van der Waals surface area (Å²) in [5.74, 6) is -0.840. The van der Waals surface area contributed by atoms with Crippen molar-refractivity contribution < 1.29 is 9.90 Å². The minimum Gasteiger partial charge on any atom is -0.478 e. The molecule has 0 aromatic carbocycles. The predicted molar refractivity (Wildman–Crippen MR) is 68.3 cm³/mol. The molecule has 0 bridgehead atoms. The van der Waals surface area contributed by atoms with E-state index in [4.69, 9.17) is 5.11 Å². The summed E-state index contributed by atoms with van der Waals surface area (Å²) < 4.78 is 0. The SMILES string of the molecule is C=CC(C)=CCC=C(C)CC(=CC)C(=O)O. The normalized spacial score (nSPS) is 13.8. The van der Waals surface area contributed by atoms with Crippen molar-refractivity contribution in [1.29, 1.82) is 0 Å². The van der Waals surface area contributed by atoms with E-state index in [-0.39, 0.29) is 0 Å². The molecule has 0 aliphatic carbocycles. The van der Waals surface area contributed by atoms with Gasteiger partial charge in [-0.1, -0.05) is 42.0 Å². The summed E-state index contributed by atoms with van der Waals surface area (Å²) in [6, 6.07) is 0. The Bertz CT molecular complexity index is 344. The molecule has 0 unspecified atom stereocenters. The van der Waals surface area contributed by atoms with Gasteiger partial charge in [0.15, 0.2) is 0 Å². The van der Waals surface area contributed by atoms with Crippen LogP contribution in [0.4, 0.5) is 0 Å². The molecule has 0 rings (SSSR count). The summed E-state index contributed by atoms with van der Waals surface area (Å²) in [7, 11) is 0. The summed E-state index contributed by atoms with van der Waals surface area (Å²) in [5.41, 5.74) is 2.65. The highest BCUT2D eigenvalue weighted by Gasteiger charge is 2.05. The average Bonchev–Trinajstić information content (AvgIpc) is 2.25. The summed E-state index contributed by atoms with van der Waals surface area (Å²) in [4.78, 5) is 10.8. The molecule has 0 aliphatic heterocycles. The van der Waals surface area contributed by atoms with Crippen LogP contribution in [-0.4, -0.2) is 11.1 Å². The number of hydrogen-bond donors (Lipinski definition) is 1. The average molecular weight is 220 g/mol. The first-order valence-corrected chi connectivity index (χ1v) is 5.34. The Morgan fingerprint density at radius 1 is 1.31 bits per heavy atom. The van der Waals surface area contributed by atoms with Crippen molar-refractivity contribution in [3.8, 4) is 0 Å². The van der Waals surface area contributed by atoms with E-state index in [1.165, 1.54) is 0 Å². The minimum absolute atomic E-state index is 0.443. The van der Waals surface area contributed by atoms with E-state index in [2.05, 4.69) is 12.7 Å². The van der Waals surface area contributed by atoms with Gasteiger partial charge in [-0.3, -0.25) is 0 Å². The molecule has 0 aromatic rings. The predicted octanol–water partition coefficient (Wildman–Crippen LogP) is 3.88. The standard InChI is InChI=1S/C14H20O2/c1-5-11(3)8-7-9-12(4)10-13(6-2)14(15)16/h5-6,8-9H,1,7,10H2,2-4H3,(H,15,16). The number of carboxylic acid groups (broad SMARTS) is 1. The van der Waals surface area contributed by atoms with E-state index < -0.39 is 5.97 Å². The van der Waals surface area contributed by atoms with Crippen molar-refractivity contribution in [2.24, 2.45) is 0 Å². The largest absolute Gasteiger partial charge is 0.478 e. The second-order valence-corrected chi connectivity index (χ2v) is 3.73. The molecule has 0 aromatic heterocycles. The number of hydrogen-bond acceptors (Lipinski definition) is 1.